The summed E-state index contributed by atoms with van der Waals surface area (Å²) in [6.07, 6.45) is 0.718. The van der Waals surface area contributed by atoms with Gasteiger partial charge in [0, 0.05) is 12.1 Å². The van der Waals surface area contributed by atoms with Crippen LogP contribution in [0.2, 0.25) is 0 Å². The molecule has 2 heterocycles. The van der Waals surface area contributed by atoms with Gasteiger partial charge in [-0.25, -0.2) is 0 Å². The minimum absolute atomic E-state index is 0.123. The number of anilines is 1. The number of hydrogen-bond acceptors (Lipinski definition) is 4. The quantitative estimate of drug-likeness (QED) is 0.677. The molecule has 1 spiro atoms. The molecule has 0 aliphatic carbocycles. The molecule has 2 aliphatic rings. The molecule has 0 bridgehead atoms. The second-order valence-electron chi connectivity index (χ2n) is 9.17. The van der Waals surface area contributed by atoms with Crippen LogP contribution in [0.5, 0.6) is 5.75 Å². The highest BCUT2D eigenvalue weighted by Gasteiger charge is 2.57. The molecule has 30 heavy (non-hydrogen) atoms. The maximum absolute atomic E-state index is 13.3. The summed E-state index contributed by atoms with van der Waals surface area (Å²) >= 11 is 0. The van der Waals surface area contributed by atoms with E-state index in [2.05, 4.69) is 39.0 Å². The topological polar surface area (TPSA) is 48.0 Å². The minimum atomic E-state index is -1.27. The van der Waals surface area contributed by atoms with E-state index in [-0.39, 0.29) is 11.3 Å². The summed E-state index contributed by atoms with van der Waals surface area (Å²) < 4.78 is 17.7. The maximum Gasteiger partial charge on any atom is 0.292 e. The highest BCUT2D eigenvalue weighted by atomic mass is 16.7. The lowest BCUT2D eigenvalue weighted by atomic mass is 9.87. The predicted octanol–water partition coefficient (Wildman–Crippen LogP) is 4.62. The Morgan fingerprint density at radius 1 is 1.00 bits per heavy atom. The van der Waals surface area contributed by atoms with E-state index in [0.717, 1.165) is 34.5 Å². The molecule has 5 heteroatoms. The third kappa shape index (κ3) is 3.50. The van der Waals surface area contributed by atoms with Crippen molar-refractivity contribution in [2.75, 3.05) is 31.3 Å². The number of hydrogen-bond donors (Lipinski definition) is 0. The first-order valence-electron chi connectivity index (χ1n) is 10.7. The van der Waals surface area contributed by atoms with E-state index in [1.807, 2.05) is 36.9 Å². The van der Waals surface area contributed by atoms with Crippen molar-refractivity contribution in [3.8, 4) is 5.75 Å². The van der Waals surface area contributed by atoms with Gasteiger partial charge in [0.05, 0.1) is 25.5 Å². The number of rotatable bonds is 5. The number of nitrogens with zero attached hydrogens (tertiary/aromatic N) is 1. The molecule has 2 aromatic rings. The summed E-state index contributed by atoms with van der Waals surface area (Å²) in [6.45, 7) is 12.6. The maximum atomic E-state index is 13.3. The molecule has 0 unspecified atom stereocenters. The fourth-order valence-corrected chi connectivity index (χ4v) is 4.30. The van der Waals surface area contributed by atoms with Crippen molar-refractivity contribution in [1.82, 2.24) is 0 Å². The van der Waals surface area contributed by atoms with Crippen LogP contribution in [0.15, 0.2) is 36.4 Å². The summed E-state index contributed by atoms with van der Waals surface area (Å²) in [6, 6.07) is 12.3. The summed E-state index contributed by atoms with van der Waals surface area (Å²) in [4.78, 5) is 15.1. The van der Waals surface area contributed by atoms with Gasteiger partial charge in [0.25, 0.3) is 11.7 Å². The van der Waals surface area contributed by atoms with Crippen molar-refractivity contribution in [3.05, 3.63) is 58.7 Å². The zero-order valence-electron chi connectivity index (χ0n) is 18.6. The number of carbonyl (C=O) groups excluding carboxylic acids is 1. The molecule has 1 saturated heterocycles. The second-order valence-corrected chi connectivity index (χ2v) is 9.17. The predicted molar refractivity (Wildman–Crippen MR) is 117 cm³/mol. The summed E-state index contributed by atoms with van der Waals surface area (Å²) in [5.41, 5.74) is 5.27. The number of fused-ring (bicyclic) bond motifs is 2. The van der Waals surface area contributed by atoms with Crippen LogP contribution in [0.1, 0.15) is 49.4 Å². The van der Waals surface area contributed by atoms with Gasteiger partial charge in [0.1, 0.15) is 5.75 Å². The van der Waals surface area contributed by atoms with Gasteiger partial charge in [0.2, 0.25) is 0 Å². The second kappa shape index (κ2) is 7.71. The van der Waals surface area contributed by atoms with Crippen LogP contribution in [-0.4, -0.2) is 32.3 Å². The highest BCUT2D eigenvalue weighted by Crippen LogP contribution is 2.48. The number of ether oxygens (including phenoxy) is 3. The van der Waals surface area contributed by atoms with E-state index in [1.165, 1.54) is 5.56 Å². The van der Waals surface area contributed by atoms with Crippen LogP contribution >= 0.6 is 0 Å². The van der Waals surface area contributed by atoms with Crippen LogP contribution in [0.4, 0.5) is 5.69 Å². The van der Waals surface area contributed by atoms with Gasteiger partial charge in [-0.3, -0.25) is 4.79 Å². The van der Waals surface area contributed by atoms with Crippen molar-refractivity contribution in [3.63, 3.8) is 0 Å². The molecule has 0 N–H and O–H groups in total. The Morgan fingerprint density at radius 2 is 1.63 bits per heavy atom. The number of amides is 1. The zero-order valence-corrected chi connectivity index (χ0v) is 18.6. The third-order valence-corrected chi connectivity index (χ3v) is 5.92. The summed E-state index contributed by atoms with van der Waals surface area (Å²) in [5.74, 6) is -0.543. The van der Waals surface area contributed by atoms with E-state index in [0.29, 0.717) is 26.4 Å². The number of carbonyl (C=O) groups is 1. The van der Waals surface area contributed by atoms with Crippen molar-refractivity contribution < 1.29 is 19.0 Å². The Balaban J connectivity index is 1.44. The van der Waals surface area contributed by atoms with E-state index < -0.39 is 5.79 Å². The van der Waals surface area contributed by atoms with E-state index in [4.69, 9.17) is 14.2 Å². The first-order chi connectivity index (χ1) is 14.2. The highest BCUT2D eigenvalue weighted by molar-refractivity contribution is 6.07. The van der Waals surface area contributed by atoms with Crippen molar-refractivity contribution in [2.24, 2.45) is 0 Å². The molecular formula is C25H31NO4. The van der Waals surface area contributed by atoms with Crippen LogP contribution in [0.25, 0.3) is 0 Å². The Labute approximate surface area is 178 Å². The van der Waals surface area contributed by atoms with Crippen LogP contribution in [-0.2, 0) is 25.5 Å². The van der Waals surface area contributed by atoms with Crippen molar-refractivity contribution in [2.45, 2.75) is 52.2 Å². The van der Waals surface area contributed by atoms with Crippen LogP contribution < -0.4 is 9.64 Å². The van der Waals surface area contributed by atoms with Crippen LogP contribution in [0, 0.1) is 13.8 Å². The molecule has 2 aromatic carbocycles. The van der Waals surface area contributed by atoms with E-state index in [9.17, 15) is 4.79 Å². The van der Waals surface area contributed by atoms with Gasteiger partial charge in [-0.2, -0.15) is 0 Å². The Kier molecular flexibility index (Phi) is 5.37. The molecule has 0 radical (unpaired) electrons. The monoisotopic (exact) mass is 409 g/mol. The van der Waals surface area contributed by atoms with E-state index in [1.54, 1.807) is 0 Å². The Morgan fingerprint density at radius 3 is 2.27 bits per heavy atom. The minimum Gasteiger partial charge on any atom is -0.494 e. The van der Waals surface area contributed by atoms with Gasteiger partial charge in [-0.1, -0.05) is 45.0 Å². The van der Waals surface area contributed by atoms with Crippen molar-refractivity contribution in [1.29, 1.82) is 0 Å². The third-order valence-electron chi connectivity index (χ3n) is 5.92. The molecule has 2 aliphatic heterocycles. The average molecular weight is 410 g/mol. The molecule has 5 nitrogen and oxygen atoms in total. The van der Waals surface area contributed by atoms with Gasteiger partial charge < -0.3 is 19.1 Å². The molecule has 1 amide bonds. The van der Waals surface area contributed by atoms with Gasteiger partial charge in [-0.15, -0.1) is 0 Å². The Hall–Kier alpha value is -2.37. The molecule has 0 saturated carbocycles. The van der Waals surface area contributed by atoms with Crippen LogP contribution in [0.3, 0.4) is 0 Å². The molecule has 160 valence electrons. The lowest BCUT2D eigenvalue weighted by Crippen LogP contribution is -2.42. The Bertz CT molecular complexity index is 937. The van der Waals surface area contributed by atoms with Gasteiger partial charge in [-0.05, 0) is 54.5 Å². The standard InChI is InChI=1S/C25H31NO4/c1-17-7-8-18(2)22-21(17)25(29-15-16-30-25)23(27)26(22)13-6-14-28-20-11-9-19(10-12-20)24(3,4)5/h7-12H,6,13-16H2,1-5H3. The number of aryl methyl sites for hydroxylation is 2. The molecule has 0 aromatic heterocycles. The number of benzene rings is 2. The van der Waals surface area contributed by atoms with Crippen molar-refractivity contribution >= 4 is 11.6 Å². The fraction of sp³-hybridized carbons (Fsp3) is 0.480. The molecule has 0 atom stereocenters. The lowest BCUT2D eigenvalue weighted by Gasteiger charge is -2.22. The largest absolute Gasteiger partial charge is 0.494 e. The molecule has 1 fully saturated rings. The molecule has 4 rings (SSSR count). The molecular weight excluding hydrogens is 378 g/mol. The lowest BCUT2D eigenvalue weighted by molar-refractivity contribution is -0.180. The first-order valence-corrected chi connectivity index (χ1v) is 10.7. The van der Waals surface area contributed by atoms with Gasteiger partial charge >= 0.3 is 0 Å². The average Bonchev–Trinajstić information content (AvgIpc) is 3.28. The summed E-state index contributed by atoms with van der Waals surface area (Å²) in [7, 11) is 0. The normalized spacial score (nSPS) is 17.6. The fourth-order valence-electron chi connectivity index (χ4n) is 4.30. The zero-order chi connectivity index (χ0) is 21.5. The van der Waals surface area contributed by atoms with Gasteiger partial charge in [0.15, 0.2) is 0 Å². The van der Waals surface area contributed by atoms with E-state index >= 15 is 0 Å². The SMILES string of the molecule is Cc1ccc(C)c2c1N(CCCOc1ccc(C(C)(C)C)cc1)C(=O)C21OCCO1. The smallest absolute Gasteiger partial charge is 0.292 e. The summed E-state index contributed by atoms with van der Waals surface area (Å²) in [5, 5.41) is 0. The first kappa shape index (κ1) is 20.9.